The highest BCUT2D eigenvalue weighted by Crippen LogP contribution is 2.49. The van der Waals surface area contributed by atoms with E-state index in [4.69, 9.17) is 19.2 Å². The number of aromatic nitrogens is 4. The molecule has 304 valence electrons. The van der Waals surface area contributed by atoms with Gasteiger partial charge in [-0.05, 0) is 54.7 Å². The Balaban J connectivity index is 0.976. The maximum absolute atomic E-state index is 14.1. The number of benzene rings is 2. The Morgan fingerprint density at radius 2 is 1.55 bits per heavy atom. The van der Waals surface area contributed by atoms with Crippen LogP contribution in [-0.4, -0.2) is 99.2 Å². The second-order valence-corrected chi connectivity index (χ2v) is 15.8. The first-order valence-corrected chi connectivity index (χ1v) is 20.0. The Labute approximate surface area is 336 Å². The van der Waals surface area contributed by atoms with E-state index < -0.39 is 23.8 Å². The molecule has 58 heavy (non-hydrogen) atoms. The number of carbonyl (C=O) groups excluding carboxylic acids is 4. The number of amides is 4. The number of alkyl carbamates (subject to hydrolysis) is 2. The summed E-state index contributed by atoms with van der Waals surface area (Å²) in [5.41, 5.74) is 5.42. The number of nitrogens with one attached hydrogen (secondary N) is 4. The third-order valence-electron chi connectivity index (χ3n) is 11.9. The van der Waals surface area contributed by atoms with Crippen LogP contribution >= 0.6 is 0 Å². The summed E-state index contributed by atoms with van der Waals surface area (Å²) in [7, 11) is 2.59. The molecular weight excluding hydrogens is 741 g/mol. The van der Waals surface area contributed by atoms with Crippen LogP contribution in [0.2, 0.25) is 0 Å². The van der Waals surface area contributed by atoms with Crippen molar-refractivity contribution in [1.29, 1.82) is 0 Å². The van der Waals surface area contributed by atoms with Gasteiger partial charge in [-0.25, -0.2) is 19.6 Å². The van der Waals surface area contributed by atoms with E-state index >= 15 is 0 Å². The van der Waals surface area contributed by atoms with Crippen molar-refractivity contribution in [1.82, 2.24) is 40.4 Å². The SMILES string of the molecule is COC(=O)N[C@H](C(=O)N1CCC[C@H]1c1ncc(-c2ccc(-c3ccc(-c4nc5[nH]c4COC/C=C/[C@H]4C[C@@]4(NC(=O)OC)C(=O)N4CCC[C@@H]54)cc3)cc2)[nH]1)C(C)C. The fourth-order valence-corrected chi connectivity index (χ4v) is 8.63. The number of nitrogens with zero attached hydrogens (tertiary/aromatic N) is 4. The molecule has 15 nitrogen and oxygen atoms in total. The van der Waals surface area contributed by atoms with Crippen molar-refractivity contribution in [3.8, 4) is 33.6 Å². The van der Waals surface area contributed by atoms with Gasteiger partial charge in [-0.3, -0.25) is 9.59 Å². The fraction of sp³-hybridized carbons (Fsp3) is 0.442. The van der Waals surface area contributed by atoms with Crippen LogP contribution < -0.4 is 10.6 Å². The van der Waals surface area contributed by atoms with Crippen molar-refractivity contribution >= 4 is 24.0 Å². The van der Waals surface area contributed by atoms with Gasteiger partial charge in [0.25, 0.3) is 0 Å². The number of hydrogen-bond donors (Lipinski definition) is 4. The van der Waals surface area contributed by atoms with Gasteiger partial charge < -0.3 is 44.6 Å². The number of methoxy groups -OCH3 is 2. The number of ether oxygens (including phenoxy) is 3. The molecular formula is C43H50N8O7. The van der Waals surface area contributed by atoms with Crippen LogP contribution in [0.5, 0.6) is 0 Å². The van der Waals surface area contributed by atoms with E-state index in [9.17, 15) is 19.2 Å². The predicted octanol–water partition coefficient (Wildman–Crippen LogP) is 6.04. The highest BCUT2D eigenvalue weighted by molar-refractivity contribution is 5.94. The first kappa shape index (κ1) is 38.9. The minimum Gasteiger partial charge on any atom is -0.453 e. The molecule has 4 N–H and O–H groups in total. The van der Waals surface area contributed by atoms with E-state index in [0.717, 1.165) is 70.8 Å². The Kier molecular flexibility index (Phi) is 10.8. The van der Waals surface area contributed by atoms with Crippen LogP contribution in [-0.2, 0) is 30.4 Å². The zero-order valence-electron chi connectivity index (χ0n) is 33.2. The average Bonchev–Trinajstić information content (AvgIpc) is 3.87. The Hall–Kier alpha value is -5.96. The number of hydrogen-bond acceptors (Lipinski definition) is 9. The molecule has 5 heterocycles. The van der Waals surface area contributed by atoms with E-state index in [-0.39, 0.29) is 35.7 Å². The molecule has 2 saturated heterocycles. The predicted molar refractivity (Wildman–Crippen MR) is 214 cm³/mol. The molecule has 2 aromatic carbocycles. The zero-order chi connectivity index (χ0) is 40.6. The lowest BCUT2D eigenvalue weighted by Crippen LogP contribution is -2.51. The third-order valence-corrected chi connectivity index (χ3v) is 11.9. The Bertz CT molecular complexity index is 2200. The highest BCUT2D eigenvalue weighted by Gasteiger charge is 2.62. The van der Waals surface area contributed by atoms with E-state index in [0.29, 0.717) is 38.5 Å². The lowest BCUT2D eigenvalue weighted by molar-refractivity contribution is -0.136. The quantitative estimate of drug-likeness (QED) is 0.155. The number of aromatic amines is 2. The van der Waals surface area contributed by atoms with Gasteiger partial charge in [0.15, 0.2) is 0 Å². The summed E-state index contributed by atoms with van der Waals surface area (Å²) in [5, 5.41) is 5.54. The van der Waals surface area contributed by atoms with Crippen LogP contribution in [0, 0.1) is 11.8 Å². The average molecular weight is 791 g/mol. The lowest BCUT2D eigenvalue weighted by Gasteiger charge is -2.30. The molecule has 3 fully saturated rings. The van der Waals surface area contributed by atoms with Gasteiger partial charge in [0.2, 0.25) is 11.8 Å². The van der Waals surface area contributed by atoms with Crippen LogP contribution in [0.4, 0.5) is 9.59 Å². The molecule has 4 aromatic rings. The van der Waals surface area contributed by atoms with E-state index in [1.807, 2.05) is 30.9 Å². The molecule has 0 radical (unpaired) electrons. The van der Waals surface area contributed by atoms with Gasteiger partial charge in [0, 0.05) is 24.6 Å². The molecule has 1 aliphatic carbocycles. The topological polar surface area (TPSA) is 184 Å². The number of H-pyrrole nitrogens is 2. The van der Waals surface area contributed by atoms with Crippen LogP contribution in [0.15, 0.2) is 66.9 Å². The number of carbonyl (C=O) groups is 4. The van der Waals surface area contributed by atoms with Crippen LogP contribution in [0.25, 0.3) is 33.6 Å². The summed E-state index contributed by atoms with van der Waals surface area (Å²) in [6.07, 6.45) is 8.14. The Morgan fingerprint density at radius 3 is 2.26 bits per heavy atom. The van der Waals surface area contributed by atoms with Gasteiger partial charge >= 0.3 is 12.2 Å². The van der Waals surface area contributed by atoms with Gasteiger partial charge in [-0.1, -0.05) is 74.5 Å². The third kappa shape index (κ3) is 7.46. The molecule has 0 unspecified atom stereocenters. The summed E-state index contributed by atoms with van der Waals surface area (Å²) >= 11 is 0. The van der Waals surface area contributed by atoms with Crippen molar-refractivity contribution in [2.24, 2.45) is 11.8 Å². The van der Waals surface area contributed by atoms with Crippen molar-refractivity contribution in [2.45, 2.75) is 76.2 Å². The standard InChI is InChI=1S/C43H50N8O7/c1-25(2)35(48-41(54)56-3)39(52)50-19-5-9-33(50)37-44-23-31(45-37)28-15-11-26(12-16-28)27-13-17-29(18-14-27)36-32-24-58-21-7-8-30-22-43(30,49-42(55)57-4)40(53)51-20-6-10-34(51)38(46-32)47-36/h7-8,11-18,23,25,30,33-35H,5-6,9-10,19-22,24H2,1-4H3,(H,44,45)(H,46,47)(H,48,54)(H,49,55)/b8-7+/t30-,33-,34-,35-,43-/m0/s1. The molecule has 4 aliphatic rings. The number of rotatable bonds is 8. The molecule has 8 rings (SSSR count). The van der Waals surface area contributed by atoms with Crippen molar-refractivity contribution in [3.63, 3.8) is 0 Å². The number of fused-ring (bicyclic) bond motifs is 5. The zero-order valence-corrected chi connectivity index (χ0v) is 33.2. The van der Waals surface area contributed by atoms with E-state index in [1.165, 1.54) is 14.2 Å². The normalized spacial score (nSPS) is 23.8. The summed E-state index contributed by atoms with van der Waals surface area (Å²) in [5.74, 6) is 0.928. The molecule has 4 amide bonds. The van der Waals surface area contributed by atoms with E-state index in [1.54, 1.807) is 11.1 Å². The van der Waals surface area contributed by atoms with Gasteiger partial charge in [-0.15, -0.1) is 0 Å². The fourth-order valence-electron chi connectivity index (χ4n) is 8.63. The van der Waals surface area contributed by atoms with Gasteiger partial charge in [-0.2, -0.15) is 0 Å². The second kappa shape index (κ2) is 16.1. The molecule has 1 saturated carbocycles. The lowest BCUT2D eigenvalue weighted by atomic mass is 10.0. The summed E-state index contributed by atoms with van der Waals surface area (Å²) < 4.78 is 15.7. The van der Waals surface area contributed by atoms with E-state index in [2.05, 4.69) is 74.1 Å². The number of likely N-dealkylation sites (tertiary alicyclic amines) is 1. The van der Waals surface area contributed by atoms with Gasteiger partial charge in [0.1, 0.15) is 23.2 Å². The maximum Gasteiger partial charge on any atom is 0.407 e. The minimum absolute atomic E-state index is 0.110. The molecule has 2 aromatic heterocycles. The van der Waals surface area contributed by atoms with Crippen LogP contribution in [0.3, 0.4) is 0 Å². The van der Waals surface area contributed by atoms with Crippen molar-refractivity contribution in [3.05, 3.63) is 84.2 Å². The highest BCUT2D eigenvalue weighted by atomic mass is 16.5. The monoisotopic (exact) mass is 790 g/mol. The van der Waals surface area contributed by atoms with Gasteiger partial charge in [0.05, 0.1) is 62.8 Å². The molecule has 2 bridgehead atoms. The number of imidazole rings is 2. The first-order valence-electron chi connectivity index (χ1n) is 20.0. The molecule has 0 spiro atoms. The minimum atomic E-state index is -1.03. The molecule has 5 atom stereocenters. The summed E-state index contributed by atoms with van der Waals surface area (Å²) in [6, 6.07) is 15.3. The summed E-state index contributed by atoms with van der Waals surface area (Å²) in [6.45, 7) is 5.64. The second-order valence-electron chi connectivity index (χ2n) is 15.8. The Morgan fingerprint density at radius 1 is 0.879 bits per heavy atom. The smallest absolute Gasteiger partial charge is 0.407 e. The largest absolute Gasteiger partial charge is 0.453 e. The van der Waals surface area contributed by atoms with Crippen molar-refractivity contribution < 1.29 is 33.4 Å². The van der Waals surface area contributed by atoms with Crippen LogP contribution in [0.1, 0.15) is 75.4 Å². The van der Waals surface area contributed by atoms with Crippen molar-refractivity contribution in [2.75, 3.05) is 33.9 Å². The maximum atomic E-state index is 14.1. The first-order chi connectivity index (χ1) is 28.1. The summed E-state index contributed by atoms with van der Waals surface area (Å²) in [4.78, 5) is 72.3. The molecule has 3 aliphatic heterocycles. The molecule has 15 heteroatoms.